The molecule has 0 spiro atoms. The molecule has 78 valence electrons. The average molecular weight is 213 g/mol. The fraction of sp³-hybridized carbons (Fsp3) is 0.556. The van der Waals surface area contributed by atoms with Crippen molar-refractivity contribution in [3.63, 3.8) is 0 Å². The molecule has 5 heteroatoms. The fourth-order valence-corrected chi connectivity index (χ4v) is 2.02. The van der Waals surface area contributed by atoms with Crippen LogP contribution in [-0.4, -0.2) is 22.4 Å². The summed E-state index contributed by atoms with van der Waals surface area (Å²) in [7, 11) is 0. The van der Waals surface area contributed by atoms with Crippen LogP contribution in [0.15, 0.2) is 5.16 Å². The Morgan fingerprint density at radius 1 is 1.64 bits per heavy atom. The largest absolute Gasteiger partial charge is 0.411 e. The number of aromatic nitrogens is 1. The fourth-order valence-electron chi connectivity index (χ4n) is 1.09. The maximum atomic E-state index is 8.64. The van der Waals surface area contributed by atoms with Crippen LogP contribution < -0.4 is 5.32 Å². The van der Waals surface area contributed by atoms with Crippen LogP contribution in [0.4, 0.5) is 5.13 Å². The highest BCUT2D eigenvalue weighted by Gasteiger charge is 2.09. The summed E-state index contributed by atoms with van der Waals surface area (Å²) >= 11 is 1.52. The smallest absolute Gasteiger partial charge is 0.183 e. The number of nitrogens with zero attached hydrogens (tertiary/aromatic N) is 2. The third-order valence-corrected chi connectivity index (χ3v) is 3.03. The molecule has 2 N–H and O–H groups in total. The normalized spacial score (nSPS) is 11.8. The van der Waals surface area contributed by atoms with Gasteiger partial charge in [0.2, 0.25) is 0 Å². The zero-order chi connectivity index (χ0) is 10.6. The van der Waals surface area contributed by atoms with Crippen LogP contribution in [-0.2, 0) is 0 Å². The first-order valence-corrected chi connectivity index (χ1v) is 5.41. The van der Waals surface area contributed by atoms with Gasteiger partial charge in [-0.25, -0.2) is 4.98 Å². The molecule has 1 heterocycles. The summed E-state index contributed by atoms with van der Waals surface area (Å²) in [4.78, 5) is 5.27. The lowest BCUT2D eigenvalue weighted by atomic mass is 10.3. The predicted molar refractivity (Wildman–Crippen MR) is 59.6 cm³/mol. The Labute approximate surface area is 87.7 Å². The van der Waals surface area contributed by atoms with Gasteiger partial charge in [-0.15, -0.1) is 0 Å². The predicted octanol–water partition coefficient (Wildman–Crippen LogP) is 2.47. The van der Waals surface area contributed by atoms with Gasteiger partial charge < -0.3 is 10.5 Å². The van der Waals surface area contributed by atoms with E-state index in [4.69, 9.17) is 5.21 Å². The van der Waals surface area contributed by atoms with Gasteiger partial charge in [-0.1, -0.05) is 23.4 Å². The van der Waals surface area contributed by atoms with Crippen LogP contribution in [0.25, 0.3) is 0 Å². The second kappa shape index (κ2) is 4.95. The number of nitrogens with one attached hydrogen (secondary N) is 1. The first kappa shape index (κ1) is 11.0. The lowest BCUT2D eigenvalue weighted by Gasteiger charge is -1.96. The Kier molecular flexibility index (Phi) is 3.88. The number of hydrogen-bond acceptors (Lipinski definition) is 5. The molecule has 0 atom stereocenters. The van der Waals surface area contributed by atoms with Gasteiger partial charge >= 0.3 is 0 Å². The van der Waals surface area contributed by atoms with Crippen molar-refractivity contribution in [2.75, 3.05) is 11.9 Å². The number of anilines is 1. The van der Waals surface area contributed by atoms with E-state index in [1.54, 1.807) is 6.92 Å². The standard InChI is InChI=1S/C9H15N3OS/c1-4-5-10-9-11-6(2)8(14-9)7(3)12-13/h13H,4-5H2,1-3H3,(H,10,11)/b12-7+. The molecule has 1 aromatic heterocycles. The van der Waals surface area contributed by atoms with E-state index in [0.29, 0.717) is 5.71 Å². The molecular formula is C9H15N3OS. The van der Waals surface area contributed by atoms with Crippen LogP contribution in [0.5, 0.6) is 0 Å². The van der Waals surface area contributed by atoms with Crippen molar-refractivity contribution in [1.29, 1.82) is 0 Å². The molecular weight excluding hydrogens is 198 g/mol. The van der Waals surface area contributed by atoms with E-state index in [9.17, 15) is 0 Å². The quantitative estimate of drug-likeness (QED) is 0.459. The lowest BCUT2D eigenvalue weighted by molar-refractivity contribution is 0.319. The van der Waals surface area contributed by atoms with Gasteiger partial charge in [0, 0.05) is 6.54 Å². The summed E-state index contributed by atoms with van der Waals surface area (Å²) in [6.45, 7) is 6.71. The molecule has 4 nitrogen and oxygen atoms in total. The van der Waals surface area contributed by atoms with Gasteiger partial charge in [-0.3, -0.25) is 0 Å². The molecule has 0 fully saturated rings. The minimum absolute atomic E-state index is 0.615. The molecule has 1 rings (SSSR count). The van der Waals surface area contributed by atoms with Gasteiger partial charge in [-0.2, -0.15) is 0 Å². The molecule has 0 bridgehead atoms. The highest BCUT2D eigenvalue weighted by Crippen LogP contribution is 2.22. The minimum atomic E-state index is 0.615. The average Bonchev–Trinajstić information content (AvgIpc) is 2.55. The van der Waals surface area contributed by atoms with E-state index in [0.717, 1.165) is 28.7 Å². The highest BCUT2D eigenvalue weighted by atomic mass is 32.1. The van der Waals surface area contributed by atoms with Crippen molar-refractivity contribution in [3.05, 3.63) is 10.6 Å². The molecule has 1 aromatic rings. The SMILES string of the molecule is CCCNc1nc(C)c(/C(C)=N/O)s1. The minimum Gasteiger partial charge on any atom is -0.411 e. The van der Waals surface area contributed by atoms with Crippen molar-refractivity contribution >= 4 is 22.2 Å². The lowest BCUT2D eigenvalue weighted by Crippen LogP contribution is -1.98. The topological polar surface area (TPSA) is 57.5 Å². The van der Waals surface area contributed by atoms with Crippen LogP contribution in [0.3, 0.4) is 0 Å². The van der Waals surface area contributed by atoms with Gasteiger partial charge in [0.15, 0.2) is 5.13 Å². The second-order valence-corrected chi connectivity index (χ2v) is 4.04. The van der Waals surface area contributed by atoms with E-state index in [1.807, 2.05) is 6.92 Å². The Morgan fingerprint density at radius 2 is 2.36 bits per heavy atom. The van der Waals surface area contributed by atoms with Gasteiger partial charge in [0.05, 0.1) is 16.3 Å². The number of hydrogen-bond donors (Lipinski definition) is 2. The van der Waals surface area contributed by atoms with E-state index in [-0.39, 0.29) is 0 Å². The first-order chi connectivity index (χ1) is 6.69. The van der Waals surface area contributed by atoms with Gasteiger partial charge in [0.25, 0.3) is 0 Å². The van der Waals surface area contributed by atoms with Crippen molar-refractivity contribution in [2.24, 2.45) is 5.16 Å². The number of aryl methyl sites for hydroxylation is 1. The molecule has 0 aromatic carbocycles. The Morgan fingerprint density at radius 3 is 2.93 bits per heavy atom. The van der Waals surface area contributed by atoms with Crippen LogP contribution in [0, 0.1) is 6.92 Å². The Hall–Kier alpha value is -1.10. The van der Waals surface area contributed by atoms with Crippen molar-refractivity contribution in [2.45, 2.75) is 27.2 Å². The molecule has 0 aliphatic rings. The number of oxime groups is 1. The first-order valence-electron chi connectivity index (χ1n) is 4.59. The molecule has 0 saturated carbocycles. The molecule has 14 heavy (non-hydrogen) atoms. The zero-order valence-electron chi connectivity index (χ0n) is 8.66. The van der Waals surface area contributed by atoms with Crippen molar-refractivity contribution < 1.29 is 5.21 Å². The van der Waals surface area contributed by atoms with Crippen molar-refractivity contribution in [1.82, 2.24) is 4.98 Å². The summed E-state index contributed by atoms with van der Waals surface area (Å²) in [5.41, 5.74) is 1.52. The summed E-state index contributed by atoms with van der Waals surface area (Å²) in [6, 6.07) is 0. The highest BCUT2D eigenvalue weighted by molar-refractivity contribution is 7.17. The molecule has 0 radical (unpaired) electrons. The van der Waals surface area contributed by atoms with Crippen LogP contribution in [0.2, 0.25) is 0 Å². The molecule has 0 aliphatic heterocycles. The molecule has 0 aliphatic carbocycles. The molecule has 0 amide bonds. The Bertz CT molecular complexity index is 333. The van der Waals surface area contributed by atoms with Crippen LogP contribution >= 0.6 is 11.3 Å². The maximum Gasteiger partial charge on any atom is 0.183 e. The molecule has 0 saturated heterocycles. The third kappa shape index (κ3) is 2.45. The number of rotatable bonds is 4. The van der Waals surface area contributed by atoms with E-state index in [2.05, 4.69) is 22.4 Å². The van der Waals surface area contributed by atoms with Crippen LogP contribution in [0.1, 0.15) is 30.8 Å². The number of thiazole rings is 1. The summed E-state index contributed by atoms with van der Waals surface area (Å²) < 4.78 is 0. The van der Waals surface area contributed by atoms with E-state index in [1.165, 1.54) is 11.3 Å². The molecule has 0 unspecified atom stereocenters. The van der Waals surface area contributed by atoms with Gasteiger partial charge in [0.1, 0.15) is 0 Å². The monoisotopic (exact) mass is 213 g/mol. The second-order valence-electron chi connectivity index (χ2n) is 3.05. The maximum absolute atomic E-state index is 8.64. The zero-order valence-corrected chi connectivity index (χ0v) is 9.48. The third-order valence-electron chi connectivity index (χ3n) is 1.80. The summed E-state index contributed by atoms with van der Waals surface area (Å²) in [5, 5.41) is 15.9. The Balaban J connectivity index is 2.82. The van der Waals surface area contributed by atoms with Gasteiger partial charge in [-0.05, 0) is 20.3 Å². The summed E-state index contributed by atoms with van der Waals surface area (Å²) in [5.74, 6) is 0. The van der Waals surface area contributed by atoms with Crippen molar-refractivity contribution in [3.8, 4) is 0 Å². The summed E-state index contributed by atoms with van der Waals surface area (Å²) in [6.07, 6.45) is 1.07. The van der Waals surface area contributed by atoms with E-state index < -0.39 is 0 Å². The van der Waals surface area contributed by atoms with E-state index >= 15 is 0 Å².